The highest BCUT2D eigenvalue weighted by Gasteiger charge is 2.22. The van der Waals surface area contributed by atoms with E-state index in [-0.39, 0.29) is 23.9 Å². The lowest BCUT2D eigenvalue weighted by Gasteiger charge is -2.32. The molecule has 1 aliphatic heterocycles. The fourth-order valence-corrected chi connectivity index (χ4v) is 4.94. The Hall–Kier alpha value is -3.96. The maximum atomic E-state index is 14.0. The van der Waals surface area contributed by atoms with Gasteiger partial charge in [-0.2, -0.15) is 0 Å². The number of para-hydroxylation sites is 2. The van der Waals surface area contributed by atoms with Gasteiger partial charge in [-0.3, -0.25) is 15.4 Å². The van der Waals surface area contributed by atoms with Crippen molar-refractivity contribution < 1.29 is 13.5 Å². The number of nitrogens with zero attached hydrogens (tertiary/aromatic N) is 5. The molecule has 0 spiro atoms. The predicted molar refractivity (Wildman–Crippen MR) is 146 cm³/mol. The number of ether oxygens (including phenoxy) is 1. The van der Waals surface area contributed by atoms with Gasteiger partial charge in [-0.05, 0) is 49.6 Å². The average molecular weight is 535 g/mol. The van der Waals surface area contributed by atoms with E-state index in [1.54, 1.807) is 26.3 Å². The van der Waals surface area contributed by atoms with Crippen LogP contribution >= 0.6 is 0 Å². The zero-order chi connectivity index (χ0) is 27.5. The molecule has 1 saturated heterocycles. The van der Waals surface area contributed by atoms with Gasteiger partial charge in [-0.25, -0.2) is 18.7 Å². The first-order valence-electron chi connectivity index (χ1n) is 12.9. The van der Waals surface area contributed by atoms with Crippen molar-refractivity contribution in [1.82, 2.24) is 24.0 Å². The van der Waals surface area contributed by atoms with Gasteiger partial charge in [0.15, 0.2) is 28.8 Å². The molecule has 3 N–H and O–H groups in total. The molecule has 2 aromatic carbocycles. The number of halogens is 2. The first-order chi connectivity index (χ1) is 18.8. The molecule has 11 heteroatoms. The van der Waals surface area contributed by atoms with Gasteiger partial charge >= 0.3 is 0 Å². The fraction of sp³-hybridized carbons (Fsp3) is 0.357. The maximum Gasteiger partial charge on any atom is 0.173 e. The van der Waals surface area contributed by atoms with Crippen LogP contribution in [0.25, 0.3) is 22.6 Å². The molecule has 0 saturated carbocycles. The van der Waals surface area contributed by atoms with E-state index < -0.39 is 11.6 Å². The van der Waals surface area contributed by atoms with Gasteiger partial charge < -0.3 is 19.5 Å². The van der Waals surface area contributed by atoms with E-state index in [0.717, 1.165) is 49.6 Å². The number of piperidine rings is 1. The second-order valence-electron chi connectivity index (χ2n) is 9.79. The molecule has 39 heavy (non-hydrogen) atoms. The number of fused-ring (bicyclic) bond motifs is 1. The number of rotatable bonds is 8. The summed E-state index contributed by atoms with van der Waals surface area (Å²) in [5, 5.41) is 20.5. The molecule has 4 aromatic rings. The van der Waals surface area contributed by atoms with Crippen LogP contribution in [0.1, 0.15) is 25.3 Å². The normalized spacial score (nSPS) is 14.7. The minimum absolute atomic E-state index is 0.0938. The Kier molecular flexibility index (Phi) is 7.80. The van der Waals surface area contributed by atoms with Crippen molar-refractivity contribution in [3.63, 3.8) is 0 Å². The summed E-state index contributed by atoms with van der Waals surface area (Å²) >= 11 is 0. The van der Waals surface area contributed by atoms with Gasteiger partial charge in [-0.15, -0.1) is 0 Å². The molecule has 1 aliphatic rings. The predicted octanol–water partition coefficient (Wildman–Crippen LogP) is 4.07. The maximum absolute atomic E-state index is 14.0. The van der Waals surface area contributed by atoms with Crippen LogP contribution in [0.3, 0.4) is 0 Å². The Morgan fingerprint density at radius 2 is 1.87 bits per heavy atom. The van der Waals surface area contributed by atoms with Gasteiger partial charge in [0.1, 0.15) is 11.5 Å². The molecule has 0 aliphatic carbocycles. The lowest BCUT2D eigenvalue weighted by molar-refractivity contribution is 0.132. The molecule has 204 valence electrons. The smallest absolute Gasteiger partial charge is 0.173 e. The number of methoxy groups -OCH3 is 1. The number of likely N-dealkylation sites (tertiary alicyclic amines) is 1. The van der Waals surface area contributed by atoms with Crippen molar-refractivity contribution in [3.05, 3.63) is 71.3 Å². The van der Waals surface area contributed by atoms with Crippen LogP contribution in [0.15, 0.2) is 48.7 Å². The number of hydrogen-bond donors (Lipinski definition) is 3. The van der Waals surface area contributed by atoms with Crippen LogP contribution in [0.5, 0.6) is 0 Å². The minimum atomic E-state index is -0.910. The zero-order valence-electron chi connectivity index (χ0n) is 22.0. The molecule has 2 aromatic heterocycles. The summed E-state index contributed by atoms with van der Waals surface area (Å²) in [7, 11) is 1.70. The highest BCUT2D eigenvalue weighted by Crippen LogP contribution is 2.26. The quantitative estimate of drug-likeness (QED) is 0.233. The van der Waals surface area contributed by atoms with Crippen LogP contribution in [-0.2, 0) is 11.3 Å². The number of nitrogens with one attached hydrogen (secondary N) is 3. The monoisotopic (exact) mass is 534 g/mol. The van der Waals surface area contributed by atoms with E-state index in [0.29, 0.717) is 29.5 Å². The molecule has 3 heterocycles. The number of hydrogen-bond acceptors (Lipinski definition) is 7. The molecule has 0 atom stereocenters. The lowest BCUT2D eigenvalue weighted by Crippen LogP contribution is -2.42. The molecule has 1 fully saturated rings. The van der Waals surface area contributed by atoms with Crippen molar-refractivity contribution >= 4 is 22.7 Å². The van der Waals surface area contributed by atoms with Crippen LogP contribution in [0.4, 0.5) is 14.6 Å². The van der Waals surface area contributed by atoms with Crippen molar-refractivity contribution in [1.29, 1.82) is 10.8 Å². The number of imidazole rings is 1. The lowest BCUT2D eigenvalue weighted by atomic mass is 10.1. The van der Waals surface area contributed by atoms with Crippen molar-refractivity contribution in [3.8, 4) is 11.5 Å². The Labute approximate surface area is 225 Å². The zero-order valence-corrected chi connectivity index (χ0v) is 22.0. The van der Waals surface area contributed by atoms with Gasteiger partial charge in [-0.1, -0.05) is 18.2 Å². The van der Waals surface area contributed by atoms with Crippen molar-refractivity contribution in [2.45, 2.75) is 32.4 Å². The van der Waals surface area contributed by atoms with Crippen molar-refractivity contribution in [2.24, 2.45) is 0 Å². The third-order valence-electron chi connectivity index (χ3n) is 7.06. The summed E-state index contributed by atoms with van der Waals surface area (Å²) in [6.07, 6.45) is 3.42. The van der Waals surface area contributed by atoms with Crippen LogP contribution in [0.2, 0.25) is 0 Å². The highest BCUT2D eigenvalue weighted by atomic mass is 19.2. The molecule has 0 amide bonds. The van der Waals surface area contributed by atoms with Gasteiger partial charge in [0.25, 0.3) is 0 Å². The van der Waals surface area contributed by atoms with Crippen LogP contribution < -0.4 is 10.8 Å². The second-order valence-corrected chi connectivity index (χ2v) is 9.79. The molecule has 0 radical (unpaired) electrons. The average Bonchev–Trinajstić information content (AvgIpc) is 3.29. The van der Waals surface area contributed by atoms with Crippen LogP contribution in [-0.4, -0.2) is 69.2 Å². The molecule has 0 unspecified atom stereocenters. The topological polar surface area (TPSA) is 108 Å². The third kappa shape index (κ3) is 5.74. The number of anilines is 1. The van der Waals surface area contributed by atoms with E-state index in [1.807, 2.05) is 28.8 Å². The molecular formula is C28H32F2N8O. The van der Waals surface area contributed by atoms with Gasteiger partial charge in [0.05, 0.1) is 17.6 Å². The first-order valence-corrected chi connectivity index (χ1v) is 12.9. The number of benzene rings is 2. The van der Waals surface area contributed by atoms with E-state index in [4.69, 9.17) is 25.5 Å². The second kappa shape index (κ2) is 11.4. The highest BCUT2D eigenvalue weighted by molar-refractivity contribution is 5.82. The first kappa shape index (κ1) is 26.6. The number of aromatic nitrogens is 4. The minimum Gasteiger partial charge on any atom is -0.383 e. The summed E-state index contributed by atoms with van der Waals surface area (Å²) in [6.45, 7) is 5.28. The summed E-state index contributed by atoms with van der Waals surface area (Å²) in [6, 6.07) is 11.6. The summed E-state index contributed by atoms with van der Waals surface area (Å²) in [5.41, 5.74) is 2.67. The summed E-state index contributed by atoms with van der Waals surface area (Å²) in [5.74, 6) is -0.754. The standard InChI is InChI=1S/C28H32F2N8O/c1-18(31)37-17-24(34-27(26(37)32)33-20-9-11-36(12-10-20)13-14-39-2)28-35-23-5-3-4-6-25(23)38(28)16-19-7-8-21(29)22(30)15-19/h3-8,15,17,20,31-32H,9-14,16H2,1-2H3,(H,33,34). The Balaban J connectivity index is 1.52. The third-order valence-corrected chi connectivity index (χ3v) is 7.06. The Morgan fingerprint density at radius 1 is 1.10 bits per heavy atom. The van der Waals surface area contributed by atoms with Crippen LogP contribution in [0, 0.1) is 22.5 Å². The van der Waals surface area contributed by atoms with E-state index in [2.05, 4.69) is 10.2 Å². The summed E-state index contributed by atoms with van der Waals surface area (Å²) < 4.78 is 36.2. The molecule has 5 rings (SSSR count). The largest absolute Gasteiger partial charge is 0.383 e. The fourth-order valence-electron chi connectivity index (χ4n) is 4.94. The Bertz CT molecular complexity index is 1560. The molecule has 0 bridgehead atoms. The van der Waals surface area contributed by atoms with E-state index in [1.165, 1.54) is 10.6 Å². The van der Waals surface area contributed by atoms with Crippen molar-refractivity contribution in [2.75, 3.05) is 38.7 Å². The van der Waals surface area contributed by atoms with Gasteiger partial charge in [0.2, 0.25) is 0 Å². The molecular weight excluding hydrogens is 502 g/mol. The van der Waals surface area contributed by atoms with E-state index in [9.17, 15) is 8.78 Å². The summed E-state index contributed by atoms with van der Waals surface area (Å²) in [4.78, 5) is 12.0. The van der Waals surface area contributed by atoms with E-state index >= 15 is 0 Å². The Morgan fingerprint density at radius 3 is 2.59 bits per heavy atom. The molecule has 9 nitrogen and oxygen atoms in total. The SMILES string of the molecule is COCCN1CCC(Nc2nc(-c3nc4ccccc4n3Cc3ccc(F)c(F)c3)cn(C(C)=N)c2=N)CC1. The van der Waals surface area contributed by atoms with Gasteiger partial charge in [0, 0.05) is 45.5 Å².